The van der Waals surface area contributed by atoms with Crippen molar-refractivity contribution in [2.75, 3.05) is 26.3 Å². The number of nitrogens with zero attached hydrogens (tertiary/aromatic N) is 4. The van der Waals surface area contributed by atoms with E-state index in [1.807, 2.05) is 0 Å². The fourth-order valence-corrected chi connectivity index (χ4v) is 2.10. The van der Waals surface area contributed by atoms with E-state index in [1.54, 1.807) is 0 Å². The Morgan fingerprint density at radius 1 is 1.61 bits per heavy atom. The van der Waals surface area contributed by atoms with E-state index in [0.717, 1.165) is 26.2 Å². The molecule has 100 valence electrons. The molecule has 0 radical (unpaired) electrons. The second-order valence-electron chi connectivity index (χ2n) is 4.38. The Kier molecular flexibility index (Phi) is 4.24. The number of imidazole rings is 1. The lowest BCUT2D eigenvalue weighted by Gasteiger charge is -2.28. The number of hydrogen-bond acceptors (Lipinski definition) is 6. The third-order valence-electron chi connectivity index (χ3n) is 2.90. The summed E-state index contributed by atoms with van der Waals surface area (Å²) >= 11 is 0. The molecule has 1 aromatic heterocycles. The molecule has 1 aliphatic heterocycles. The van der Waals surface area contributed by atoms with Gasteiger partial charge in [-0.25, -0.2) is 4.57 Å². The molecule has 2 heterocycles. The quantitative estimate of drug-likeness (QED) is 0.539. The topological polar surface area (TPSA) is 96.5 Å². The number of nitro groups is 1. The lowest BCUT2D eigenvalue weighted by atomic mass is 10.2. The third-order valence-corrected chi connectivity index (χ3v) is 2.90. The smallest absolute Gasteiger partial charge is 0.390 e. The molecule has 0 spiro atoms. The van der Waals surface area contributed by atoms with Crippen LogP contribution in [0.2, 0.25) is 0 Å². The molecule has 1 aromatic rings. The van der Waals surface area contributed by atoms with Gasteiger partial charge < -0.3 is 20.5 Å². The zero-order valence-corrected chi connectivity index (χ0v) is 10.0. The molecule has 1 atom stereocenters. The normalized spacial score (nSPS) is 18.7. The minimum Gasteiger partial charge on any atom is -0.390 e. The van der Waals surface area contributed by atoms with E-state index in [9.17, 15) is 15.2 Å². The third kappa shape index (κ3) is 3.25. The van der Waals surface area contributed by atoms with Crippen LogP contribution in [0.25, 0.3) is 0 Å². The van der Waals surface area contributed by atoms with Crippen molar-refractivity contribution in [3.8, 4) is 0 Å². The highest BCUT2D eigenvalue weighted by atomic mass is 16.6. The van der Waals surface area contributed by atoms with Gasteiger partial charge >= 0.3 is 5.95 Å². The maximum absolute atomic E-state index is 10.7. The van der Waals surface area contributed by atoms with Gasteiger partial charge in [0.1, 0.15) is 12.4 Å². The van der Waals surface area contributed by atoms with Crippen molar-refractivity contribution in [3.63, 3.8) is 0 Å². The predicted octanol–water partition coefficient (Wildman–Crippen LogP) is -0.595. The first-order valence-electron chi connectivity index (χ1n) is 5.93. The number of nitrogens with one attached hydrogen (secondary N) is 1. The summed E-state index contributed by atoms with van der Waals surface area (Å²) in [6, 6.07) is 0. The van der Waals surface area contributed by atoms with E-state index in [-0.39, 0.29) is 12.5 Å². The number of β-amino-alcohol motifs (C(OH)–C–C–N with tert-alkyl or cyclic N) is 1. The molecule has 1 unspecified atom stereocenters. The van der Waals surface area contributed by atoms with Gasteiger partial charge in [0.25, 0.3) is 0 Å². The molecule has 8 heteroatoms. The lowest BCUT2D eigenvalue weighted by Crippen LogP contribution is -2.45. The summed E-state index contributed by atoms with van der Waals surface area (Å²) in [5, 5.41) is 23.8. The fraction of sp³-hybridized carbons (Fsp3) is 0.700. The Labute approximate surface area is 104 Å². The van der Waals surface area contributed by atoms with Crippen LogP contribution in [0.3, 0.4) is 0 Å². The number of aliphatic hydroxyl groups is 1. The van der Waals surface area contributed by atoms with Crippen LogP contribution in [-0.4, -0.2) is 56.9 Å². The monoisotopic (exact) mass is 255 g/mol. The van der Waals surface area contributed by atoms with Crippen LogP contribution in [-0.2, 0) is 6.54 Å². The SMILES string of the molecule is O=[N+]([O-])c1nccn1CC(O)CN1CCCNC1. The van der Waals surface area contributed by atoms with Crippen molar-refractivity contribution in [2.45, 2.75) is 19.1 Å². The highest BCUT2D eigenvalue weighted by Crippen LogP contribution is 2.09. The maximum Gasteiger partial charge on any atom is 0.434 e. The number of aliphatic hydroxyl groups excluding tert-OH is 1. The molecule has 0 saturated carbocycles. The van der Waals surface area contributed by atoms with Crippen LogP contribution < -0.4 is 5.32 Å². The van der Waals surface area contributed by atoms with Gasteiger partial charge in [0.2, 0.25) is 0 Å². The molecular weight excluding hydrogens is 238 g/mol. The van der Waals surface area contributed by atoms with Gasteiger partial charge in [-0.3, -0.25) is 4.90 Å². The maximum atomic E-state index is 10.7. The van der Waals surface area contributed by atoms with Crippen molar-refractivity contribution in [1.29, 1.82) is 0 Å². The Morgan fingerprint density at radius 2 is 2.44 bits per heavy atom. The first kappa shape index (κ1) is 12.9. The van der Waals surface area contributed by atoms with Crippen LogP contribution in [0.15, 0.2) is 12.4 Å². The molecule has 0 amide bonds. The molecule has 0 aromatic carbocycles. The molecule has 0 aliphatic carbocycles. The number of aromatic nitrogens is 2. The van der Waals surface area contributed by atoms with Crippen LogP contribution >= 0.6 is 0 Å². The van der Waals surface area contributed by atoms with E-state index < -0.39 is 11.0 Å². The Morgan fingerprint density at radius 3 is 3.11 bits per heavy atom. The van der Waals surface area contributed by atoms with Gasteiger partial charge in [-0.05, 0) is 17.9 Å². The van der Waals surface area contributed by atoms with E-state index in [0.29, 0.717) is 6.54 Å². The molecule has 2 rings (SSSR count). The summed E-state index contributed by atoms with van der Waals surface area (Å²) in [6.07, 6.45) is 3.29. The minimum absolute atomic E-state index is 0.187. The van der Waals surface area contributed by atoms with Crippen molar-refractivity contribution >= 4 is 5.95 Å². The molecule has 2 N–H and O–H groups in total. The lowest BCUT2D eigenvalue weighted by molar-refractivity contribution is -0.397. The zero-order chi connectivity index (χ0) is 13.0. The van der Waals surface area contributed by atoms with Crippen LogP contribution in [0.4, 0.5) is 5.95 Å². The van der Waals surface area contributed by atoms with Crippen molar-refractivity contribution in [2.24, 2.45) is 0 Å². The van der Waals surface area contributed by atoms with Crippen LogP contribution in [0.5, 0.6) is 0 Å². The molecule has 1 fully saturated rings. The minimum atomic E-state index is -0.641. The average Bonchev–Trinajstić information content (AvgIpc) is 2.78. The van der Waals surface area contributed by atoms with Crippen molar-refractivity contribution < 1.29 is 10.0 Å². The van der Waals surface area contributed by atoms with Gasteiger partial charge in [-0.15, -0.1) is 0 Å². The molecule has 1 saturated heterocycles. The van der Waals surface area contributed by atoms with E-state index in [1.165, 1.54) is 17.0 Å². The highest BCUT2D eigenvalue weighted by molar-refractivity contribution is 5.06. The second kappa shape index (κ2) is 5.89. The van der Waals surface area contributed by atoms with Gasteiger partial charge in [-0.1, -0.05) is 4.98 Å². The van der Waals surface area contributed by atoms with E-state index in [2.05, 4.69) is 15.2 Å². The fourth-order valence-electron chi connectivity index (χ4n) is 2.10. The number of rotatable bonds is 5. The molecular formula is C10H17N5O3. The Balaban J connectivity index is 1.88. The zero-order valence-electron chi connectivity index (χ0n) is 10.0. The largest absolute Gasteiger partial charge is 0.434 e. The van der Waals surface area contributed by atoms with Gasteiger partial charge in [-0.2, -0.15) is 0 Å². The average molecular weight is 255 g/mol. The summed E-state index contributed by atoms with van der Waals surface area (Å²) in [7, 11) is 0. The van der Waals surface area contributed by atoms with Gasteiger partial charge in [0, 0.05) is 19.8 Å². The first-order chi connectivity index (χ1) is 8.66. The first-order valence-corrected chi connectivity index (χ1v) is 5.93. The summed E-state index contributed by atoms with van der Waals surface area (Å²) in [5.74, 6) is -0.231. The standard InChI is InChI=1S/C10H17N5O3/c16-9(6-13-4-1-2-11-8-13)7-14-5-3-12-10(14)15(17)18/h3,5,9,11,16H,1-2,4,6-8H2. The van der Waals surface area contributed by atoms with Crippen LogP contribution in [0.1, 0.15) is 6.42 Å². The molecule has 1 aliphatic rings. The molecule has 18 heavy (non-hydrogen) atoms. The predicted molar refractivity (Wildman–Crippen MR) is 63.9 cm³/mol. The molecule has 0 bridgehead atoms. The summed E-state index contributed by atoms with van der Waals surface area (Å²) in [6.45, 7) is 3.38. The summed E-state index contributed by atoms with van der Waals surface area (Å²) in [4.78, 5) is 15.9. The Hall–Kier alpha value is -1.51. The van der Waals surface area contributed by atoms with Crippen molar-refractivity contribution in [3.05, 3.63) is 22.5 Å². The van der Waals surface area contributed by atoms with E-state index >= 15 is 0 Å². The second-order valence-corrected chi connectivity index (χ2v) is 4.38. The van der Waals surface area contributed by atoms with Gasteiger partial charge in [0.05, 0.1) is 12.6 Å². The molecule has 8 nitrogen and oxygen atoms in total. The highest BCUT2D eigenvalue weighted by Gasteiger charge is 2.20. The van der Waals surface area contributed by atoms with Crippen molar-refractivity contribution in [1.82, 2.24) is 19.8 Å². The number of hydrogen-bond donors (Lipinski definition) is 2. The van der Waals surface area contributed by atoms with Gasteiger partial charge in [0.15, 0.2) is 0 Å². The summed E-state index contributed by atoms with van der Waals surface area (Å²) in [5.41, 5.74) is 0. The summed E-state index contributed by atoms with van der Waals surface area (Å²) < 4.78 is 1.36. The Bertz CT molecular complexity index is 402. The van der Waals surface area contributed by atoms with E-state index in [4.69, 9.17) is 0 Å². The van der Waals surface area contributed by atoms with Crippen LogP contribution in [0, 0.1) is 10.1 Å².